The van der Waals surface area contributed by atoms with E-state index in [2.05, 4.69) is 17.1 Å². The highest BCUT2D eigenvalue weighted by molar-refractivity contribution is 7.99. The second-order valence-electron chi connectivity index (χ2n) is 7.20. The van der Waals surface area contributed by atoms with Crippen molar-refractivity contribution in [1.29, 1.82) is 0 Å². The van der Waals surface area contributed by atoms with Gasteiger partial charge in [-0.05, 0) is 50.5 Å². The van der Waals surface area contributed by atoms with E-state index in [1.165, 1.54) is 18.2 Å². The van der Waals surface area contributed by atoms with Crippen LogP contribution in [0, 0.1) is 0 Å². The lowest BCUT2D eigenvalue weighted by Crippen LogP contribution is -2.42. The summed E-state index contributed by atoms with van der Waals surface area (Å²) in [6.07, 6.45) is 3.36. The van der Waals surface area contributed by atoms with E-state index in [1.54, 1.807) is 0 Å². The van der Waals surface area contributed by atoms with Gasteiger partial charge in [0.1, 0.15) is 0 Å². The van der Waals surface area contributed by atoms with E-state index in [9.17, 15) is 4.79 Å². The summed E-state index contributed by atoms with van der Waals surface area (Å²) in [5.74, 6) is 1.26. The number of carbonyl (C=O) groups excluding carboxylic acids is 1. The van der Waals surface area contributed by atoms with Crippen molar-refractivity contribution in [3.05, 3.63) is 59.6 Å². The second-order valence-corrected chi connectivity index (χ2v) is 8.58. The molecule has 1 amide bonds. The maximum atomic E-state index is 12.8. The van der Waals surface area contributed by atoms with Gasteiger partial charge in [0.05, 0.1) is 5.75 Å². The molecule has 0 spiro atoms. The van der Waals surface area contributed by atoms with Crippen LogP contribution in [0.4, 0.5) is 0 Å². The molecule has 150 valence electrons. The molecular weight excluding hydrogens is 404 g/mol. The number of aromatic nitrogens is 3. The minimum atomic E-state index is 0.161. The first kappa shape index (κ1) is 20.0. The lowest BCUT2D eigenvalue weighted by molar-refractivity contribution is -0.131. The van der Waals surface area contributed by atoms with Crippen molar-refractivity contribution in [1.82, 2.24) is 19.7 Å². The third kappa shape index (κ3) is 4.49. The molecule has 1 aliphatic heterocycles. The van der Waals surface area contributed by atoms with Crippen LogP contribution in [0.15, 0.2) is 59.8 Å². The Kier molecular flexibility index (Phi) is 6.21. The van der Waals surface area contributed by atoms with Gasteiger partial charge in [-0.15, -0.1) is 10.2 Å². The maximum Gasteiger partial charge on any atom is 0.233 e. The molecular formula is C22H23ClN4OS. The van der Waals surface area contributed by atoms with Gasteiger partial charge in [0, 0.05) is 28.9 Å². The average Bonchev–Trinajstić information content (AvgIpc) is 3.17. The zero-order valence-corrected chi connectivity index (χ0v) is 17.9. The average molecular weight is 427 g/mol. The first-order valence-corrected chi connectivity index (χ1v) is 11.2. The van der Waals surface area contributed by atoms with Crippen LogP contribution in [0.2, 0.25) is 5.02 Å². The van der Waals surface area contributed by atoms with Gasteiger partial charge in [-0.3, -0.25) is 9.36 Å². The van der Waals surface area contributed by atoms with Crippen LogP contribution in [0.3, 0.4) is 0 Å². The van der Waals surface area contributed by atoms with Crippen LogP contribution in [0.1, 0.15) is 26.2 Å². The second kappa shape index (κ2) is 9.01. The number of hydrogen-bond acceptors (Lipinski definition) is 4. The van der Waals surface area contributed by atoms with Gasteiger partial charge < -0.3 is 4.90 Å². The number of piperidine rings is 1. The molecule has 1 saturated heterocycles. The monoisotopic (exact) mass is 426 g/mol. The first-order valence-electron chi connectivity index (χ1n) is 9.82. The van der Waals surface area contributed by atoms with Gasteiger partial charge in [-0.1, -0.05) is 53.7 Å². The summed E-state index contributed by atoms with van der Waals surface area (Å²) >= 11 is 7.51. The Morgan fingerprint density at radius 1 is 1.10 bits per heavy atom. The van der Waals surface area contributed by atoms with Crippen LogP contribution in [0.25, 0.3) is 17.1 Å². The SMILES string of the molecule is C[C@H]1CCCCN1C(=O)CSc1nnc(-c2ccccc2)n1-c1ccc(Cl)cc1. The molecule has 4 rings (SSSR count). The Morgan fingerprint density at radius 3 is 2.59 bits per heavy atom. The van der Waals surface area contributed by atoms with Gasteiger partial charge in [0.25, 0.3) is 0 Å². The van der Waals surface area contributed by atoms with Crippen molar-refractivity contribution in [2.45, 2.75) is 37.4 Å². The fourth-order valence-corrected chi connectivity index (χ4v) is 4.60. The zero-order chi connectivity index (χ0) is 20.2. The molecule has 1 aliphatic rings. The van der Waals surface area contributed by atoms with Gasteiger partial charge in [0.2, 0.25) is 5.91 Å². The summed E-state index contributed by atoms with van der Waals surface area (Å²) in [6, 6.07) is 17.8. The van der Waals surface area contributed by atoms with Gasteiger partial charge >= 0.3 is 0 Å². The smallest absolute Gasteiger partial charge is 0.233 e. The number of carbonyl (C=O) groups is 1. The van der Waals surface area contributed by atoms with Gasteiger partial charge in [-0.2, -0.15) is 0 Å². The van der Waals surface area contributed by atoms with Crippen LogP contribution in [0.5, 0.6) is 0 Å². The third-order valence-electron chi connectivity index (χ3n) is 5.20. The van der Waals surface area contributed by atoms with Gasteiger partial charge in [0.15, 0.2) is 11.0 Å². The molecule has 0 radical (unpaired) electrons. The molecule has 7 heteroatoms. The lowest BCUT2D eigenvalue weighted by atomic mass is 10.0. The summed E-state index contributed by atoms with van der Waals surface area (Å²) in [6.45, 7) is 2.98. The summed E-state index contributed by atoms with van der Waals surface area (Å²) in [4.78, 5) is 14.8. The van der Waals surface area contributed by atoms with E-state index in [1.807, 2.05) is 64.1 Å². The van der Waals surface area contributed by atoms with E-state index in [0.29, 0.717) is 22.0 Å². The van der Waals surface area contributed by atoms with Crippen molar-refractivity contribution < 1.29 is 4.79 Å². The quantitative estimate of drug-likeness (QED) is 0.534. The Morgan fingerprint density at radius 2 is 1.86 bits per heavy atom. The van der Waals surface area contributed by atoms with Crippen LogP contribution in [-0.4, -0.2) is 43.9 Å². The van der Waals surface area contributed by atoms with E-state index >= 15 is 0 Å². The third-order valence-corrected chi connectivity index (χ3v) is 6.36. The van der Waals surface area contributed by atoms with E-state index in [-0.39, 0.29) is 5.91 Å². The molecule has 0 bridgehead atoms. The topological polar surface area (TPSA) is 51.0 Å². The number of nitrogens with zero attached hydrogens (tertiary/aromatic N) is 4. The minimum absolute atomic E-state index is 0.161. The van der Waals surface area contributed by atoms with Crippen molar-refractivity contribution >= 4 is 29.3 Å². The van der Waals surface area contributed by atoms with E-state index in [0.717, 1.165) is 36.5 Å². The summed E-state index contributed by atoms with van der Waals surface area (Å²) in [5, 5.41) is 10.2. The molecule has 5 nitrogen and oxygen atoms in total. The molecule has 2 aromatic carbocycles. The number of benzene rings is 2. The molecule has 0 aliphatic carbocycles. The molecule has 1 fully saturated rings. The highest BCUT2D eigenvalue weighted by Crippen LogP contribution is 2.29. The normalized spacial score (nSPS) is 16.8. The zero-order valence-electron chi connectivity index (χ0n) is 16.3. The highest BCUT2D eigenvalue weighted by atomic mass is 35.5. The minimum Gasteiger partial charge on any atom is -0.339 e. The number of likely N-dealkylation sites (tertiary alicyclic amines) is 1. The number of thioether (sulfide) groups is 1. The Hall–Kier alpha value is -2.31. The van der Waals surface area contributed by atoms with Crippen LogP contribution in [-0.2, 0) is 4.79 Å². The maximum absolute atomic E-state index is 12.8. The first-order chi connectivity index (χ1) is 14.1. The van der Waals surface area contributed by atoms with Crippen LogP contribution < -0.4 is 0 Å². The number of rotatable bonds is 5. The van der Waals surface area contributed by atoms with Gasteiger partial charge in [-0.25, -0.2) is 0 Å². The van der Waals surface area contributed by atoms with Crippen molar-refractivity contribution in [3.8, 4) is 17.1 Å². The standard InChI is InChI=1S/C22H23ClN4OS/c1-16-7-5-6-14-26(16)20(28)15-29-22-25-24-21(17-8-3-2-4-9-17)27(22)19-12-10-18(23)11-13-19/h2-4,8-13,16H,5-7,14-15H2,1H3/t16-/m0/s1. The molecule has 2 heterocycles. The molecule has 0 N–H and O–H groups in total. The van der Waals surface area contributed by atoms with Crippen LogP contribution >= 0.6 is 23.4 Å². The Balaban J connectivity index is 1.62. The van der Waals surface area contributed by atoms with E-state index < -0.39 is 0 Å². The number of hydrogen-bond donors (Lipinski definition) is 0. The molecule has 3 aromatic rings. The summed E-state index contributed by atoms with van der Waals surface area (Å²) in [7, 11) is 0. The van der Waals surface area contributed by atoms with Crippen molar-refractivity contribution in [2.24, 2.45) is 0 Å². The Bertz CT molecular complexity index is 974. The summed E-state index contributed by atoms with van der Waals surface area (Å²) in [5.41, 5.74) is 1.89. The fraction of sp³-hybridized carbons (Fsp3) is 0.318. The predicted molar refractivity (Wildman–Crippen MR) is 118 cm³/mol. The molecule has 0 unspecified atom stereocenters. The fourth-order valence-electron chi connectivity index (χ4n) is 3.64. The highest BCUT2D eigenvalue weighted by Gasteiger charge is 2.24. The largest absolute Gasteiger partial charge is 0.339 e. The van der Waals surface area contributed by atoms with E-state index in [4.69, 9.17) is 11.6 Å². The molecule has 1 atom stereocenters. The lowest BCUT2D eigenvalue weighted by Gasteiger charge is -2.33. The summed E-state index contributed by atoms with van der Waals surface area (Å²) < 4.78 is 1.99. The molecule has 0 saturated carbocycles. The molecule has 1 aromatic heterocycles. The Labute approximate surface area is 180 Å². The number of amides is 1. The number of halogens is 1. The predicted octanol–water partition coefficient (Wildman–Crippen LogP) is 5.08. The van der Waals surface area contributed by atoms with Crippen molar-refractivity contribution in [2.75, 3.05) is 12.3 Å². The van der Waals surface area contributed by atoms with Crippen molar-refractivity contribution in [3.63, 3.8) is 0 Å². The molecule has 29 heavy (non-hydrogen) atoms.